The molecule has 1 heteroatoms. The van der Waals surface area contributed by atoms with Crippen molar-refractivity contribution in [2.45, 2.75) is 45.1 Å². The van der Waals surface area contributed by atoms with Crippen molar-refractivity contribution in [2.75, 3.05) is 7.11 Å². The number of fused-ring (bicyclic) bond motifs is 5. The van der Waals surface area contributed by atoms with E-state index in [0.717, 1.165) is 18.3 Å². The van der Waals surface area contributed by atoms with E-state index in [1.54, 1.807) is 16.7 Å². The minimum atomic E-state index is 0.317. The van der Waals surface area contributed by atoms with Gasteiger partial charge in [0.1, 0.15) is 0 Å². The van der Waals surface area contributed by atoms with E-state index < -0.39 is 0 Å². The van der Waals surface area contributed by atoms with Gasteiger partial charge >= 0.3 is 0 Å². The molecule has 0 radical (unpaired) electrons. The van der Waals surface area contributed by atoms with Crippen LogP contribution in [0.15, 0.2) is 47.1 Å². The van der Waals surface area contributed by atoms with E-state index in [4.69, 9.17) is 4.74 Å². The maximum absolute atomic E-state index is 5.58. The zero-order valence-electron chi connectivity index (χ0n) is 12.6. The van der Waals surface area contributed by atoms with Gasteiger partial charge in [-0.1, -0.05) is 42.9 Å². The van der Waals surface area contributed by atoms with Crippen LogP contribution in [-0.4, -0.2) is 13.2 Å². The van der Waals surface area contributed by atoms with Crippen LogP contribution in [0, 0.1) is 17.3 Å². The average Bonchev–Trinajstić information content (AvgIpc) is 2.88. The molecule has 0 bridgehead atoms. The van der Waals surface area contributed by atoms with Crippen LogP contribution in [0.3, 0.4) is 0 Å². The summed E-state index contributed by atoms with van der Waals surface area (Å²) in [5.41, 5.74) is 5.19. The summed E-state index contributed by atoms with van der Waals surface area (Å²) in [6.45, 7) is 2.40. The summed E-state index contributed by atoms with van der Waals surface area (Å²) < 4.78 is 5.58. The molecule has 0 aromatic heterocycles. The lowest BCUT2D eigenvalue weighted by molar-refractivity contribution is 0.0689. The predicted octanol–water partition coefficient (Wildman–Crippen LogP) is 4.58. The fraction of sp³-hybridized carbons (Fsp3) is 0.579. The van der Waals surface area contributed by atoms with Crippen LogP contribution in [0.25, 0.3) is 0 Å². The smallest absolute Gasteiger partial charge is 0.0608 e. The van der Waals surface area contributed by atoms with E-state index in [9.17, 15) is 0 Å². The lowest BCUT2D eigenvalue weighted by atomic mass is 9.59. The third kappa shape index (κ3) is 1.72. The maximum Gasteiger partial charge on any atom is 0.0608 e. The Kier molecular flexibility index (Phi) is 2.82. The Morgan fingerprint density at radius 2 is 2.00 bits per heavy atom. The topological polar surface area (TPSA) is 9.23 Å². The van der Waals surface area contributed by atoms with Gasteiger partial charge in [-0.15, -0.1) is 0 Å². The summed E-state index contributed by atoms with van der Waals surface area (Å²) in [4.78, 5) is 0. The Morgan fingerprint density at radius 1 is 1.10 bits per heavy atom. The quantitative estimate of drug-likeness (QED) is 0.676. The third-order valence-electron chi connectivity index (χ3n) is 6.06. The predicted molar refractivity (Wildman–Crippen MR) is 82.4 cm³/mol. The molecule has 0 aromatic carbocycles. The minimum Gasteiger partial charge on any atom is -0.381 e. The van der Waals surface area contributed by atoms with Crippen LogP contribution in [0.4, 0.5) is 0 Å². The summed E-state index contributed by atoms with van der Waals surface area (Å²) in [5.74, 6) is 1.56. The molecule has 20 heavy (non-hydrogen) atoms. The highest BCUT2D eigenvalue weighted by Crippen LogP contribution is 2.55. The molecule has 1 unspecified atom stereocenters. The molecule has 0 N–H and O–H groups in total. The SMILES string of the molecule is COC1CC[C@H]2C(=CC=C3C4=CC=C[C@@]4(C)CC[C@@H]32)C1. The second-order valence-corrected chi connectivity index (χ2v) is 7.11. The van der Waals surface area contributed by atoms with E-state index in [0.29, 0.717) is 11.5 Å². The molecule has 0 spiro atoms. The average molecular weight is 268 g/mol. The Bertz CT molecular complexity index is 548. The normalized spacial score (nSPS) is 42.1. The van der Waals surface area contributed by atoms with Crippen molar-refractivity contribution in [2.24, 2.45) is 17.3 Å². The van der Waals surface area contributed by atoms with Gasteiger partial charge in [-0.2, -0.15) is 0 Å². The van der Waals surface area contributed by atoms with Crippen molar-refractivity contribution < 1.29 is 4.74 Å². The lowest BCUT2D eigenvalue weighted by Gasteiger charge is -2.46. The fourth-order valence-corrected chi connectivity index (χ4v) is 4.84. The van der Waals surface area contributed by atoms with E-state index >= 15 is 0 Å². The molecule has 0 heterocycles. The Morgan fingerprint density at radius 3 is 2.85 bits per heavy atom. The maximum atomic E-state index is 5.58. The number of methoxy groups -OCH3 is 1. The van der Waals surface area contributed by atoms with Crippen molar-refractivity contribution in [3.05, 3.63) is 47.1 Å². The number of hydrogen-bond donors (Lipinski definition) is 0. The van der Waals surface area contributed by atoms with Crippen molar-refractivity contribution in [3.63, 3.8) is 0 Å². The highest BCUT2D eigenvalue weighted by molar-refractivity contribution is 5.53. The van der Waals surface area contributed by atoms with Gasteiger partial charge in [0.2, 0.25) is 0 Å². The van der Waals surface area contributed by atoms with Crippen LogP contribution in [0.1, 0.15) is 39.0 Å². The summed E-state index contributed by atoms with van der Waals surface area (Å²) in [6, 6.07) is 0. The summed E-state index contributed by atoms with van der Waals surface area (Å²) >= 11 is 0. The van der Waals surface area contributed by atoms with Gasteiger partial charge in [0.05, 0.1) is 6.10 Å². The molecule has 4 aliphatic rings. The standard InChI is InChI=1S/C19H24O/c1-19-10-3-4-18(19)17-7-5-13-12-14(20-2)6-8-15(13)16(17)9-11-19/h3-5,7,10,14-16H,6,8-9,11-12H2,1-2H3/t14?,15-,16+,19-/m0/s1. The largest absolute Gasteiger partial charge is 0.381 e. The highest BCUT2D eigenvalue weighted by Gasteiger charge is 2.44. The molecule has 0 aromatic rings. The van der Waals surface area contributed by atoms with Crippen molar-refractivity contribution in [1.82, 2.24) is 0 Å². The van der Waals surface area contributed by atoms with E-state index in [1.807, 2.05) is 7.11 Å². The molecular formula is C19H24O. The Labute approximate surface area is 122 Å². The molecule has 106 valence electrons. The lowest BCUT2D eigenvalue weighted by Crippen LogP contribution is -2.35. The highest BCUT2D eigenvalue weighted by atomic mass is 16.5. The minimum absolute atomic E-state index is 0.317. The van der Waals surface area contributed by atoms with Crippen molar-refractivity contribution in [3.8, 4) is 0 Å². The molecule has 0 aliphatic heterocycles. The third-order valence-corrected chi connectivity index (χ3v) is 6.06. The summed E-state index contributed by atoms with van der Waals surface area (Å²) in [6.07, 6.45) is 18.7. The van der Waals surface area contributed by atoms with Crippen LogP contribution in [0.5, 0.6) is 0 Å². The van der Waals surface area contributed by atoms with Gasteiger partial charge in [-0.25, -0.2) is 0 Å². The first-order valence-electron chi connectivity index (χ1n) is 8.05. The molecule has 0 saturated heterocycles. The fourth-order valence-electron chi connectivity index (χ4n) is 4.84. The first-order valence-corrected chi connectivity index (χ1v) is 8.05. The van der Waals surface area contributed by atoms with Crippen LogP contribution >= 0.6 is 0 Å². The number of allylic oxidation sites excluding steroid dienone is 7. The summed E-state index contributed by atoms with van der Waals surface area (Å²) in [5, 5.41) is 0. The first-order chi connectivity index (χ1) is 9.71. The second kappa shape index (κ2) is 4.46. The van der Waals surface area contributed by atoms with Gasteiger partial charge in [-0.05, 0) is 55.1 Å². The number of rotatable bonds is 1. The molecule has 4 rings (SSSR count). The van der Waals surface area contributed by atoms with Gasteiger partial charge in [-0.3, -0.25) is 0 Å². The van der Waals surface area contributed by atoms with Gasteiger partial charge in [0.25, 0.3) is 0 Å². The van der Waals surface area contributed by atoms with Gasteiger partial charge < -0.3 is 4.74 Å². The number of ether oxygens (including phenoxy) is 1. The molecule has 2 fully saturated rings. The summed E-state index contributed by atoms with van der Waals surface area (Å²) in [7, 11) is 1.86. The molecular weight excluding hydrogens is 244 g/mol. The van der Waals surface area contributed by atoms with E-state index in [1.165, 1.54) is 25.7 Å². The van der Waals surface area contributed by atoms with E-state index in [-0.39, 0.29) is 0 Å². The van der Waals surface area contributed by atoms with Gasteiger partial charge in [0, 0.05) is 12.5 Å². The van der Waals surface area contributed by atoms with Crippen molar-refractivity contribution >= 4 is 0 Å². The monoisotopic (exact) mass is 268 g/mol. The molecule has 4 aliphatic carbocycles. The van der Waals surface area contributed by atoms with E-state index in [2.05, 4.69) is 37.3 Å². The van der Waals surface area contributed by atoms with Gasteiger partial charge in [0.15, 0.2) is 0 Å². The first kappa shape index (κ1) is 12.6. The van der Waals surface area contributed by atoms with Crippen LogP contribution < -0.4 is 0 Å². The molecule has 0 amide bonds. The van der Waals surface area contributed by atoms with Crippen molar-refractivity contribution in [1.29, 1.82) is 0 Å². The van der Waals surface area contributed by atoms with Crippen LogP contribution in [0.2, 0.25) is 0 Å². The number of hydrogen-bond acceptors (Lipinski definition) is 1. The molecule has 1 nitrogen and oxygen atoms in total. The zero-order valence-corrected chi connectivity index (χ0v) is 12.6. The van der Waals surface area contributed by atoms with Crippen LogP contribution in [-0.2, 0) is 4.74 Å². The Balaban J connectivity index is 1.68. The second-order valence-electron chi connectivity index (χ2n) is 7.11. The Hall–Kier alpha value is -1.08. The molecule has 4 atom stereocenters. The zero-order chi connectivity index (χ0) is 13.7. The molecule has 2 saturated carbocycles.